The summed E-state index contributed by atoms with van der Waals surface area (Å²) in [6, 6.07) is 10.2. The van der Waals surface area contributed by atoms with E-state index in [4.69, 9.17) is 0 Å². The summed E-state index contributed by atoms with van der Waals surface area (Å²) in [5.74, 6) is 0.0874. The van der Waals surface area contributed by atoms with E-state index in [1.807, 2.05) is 17.0 Å². The van der Waals surface area contributed by atoms with Crippen LogP contribution in [-0.2, 0) is 16.1 Å². The molecule has 1 aromatic carbocycles. The Morgan fingerprint density at radius 3 is 2.48 bits per heavy atom. The van der Waals surface area contributed by atoms with Crippen molar-refractivity contribution in [2.75, 3.05) is 37.6 Å². The summed E-state index contributed by atoms with van der Waals surface area (Å²) >= 11 is 0. The maximum Gasteiger partial charge on any atom is 0.224 e. The van der Waals surface area contributed by atoms with E-state index in [1.54, 1.807) is 24.2 Å². The Kier molecular flexibility index (Phi) is 6.86. The number of aromatic nitrogens is 1. The summed E-state index contributed by atoms with van der Waals surface area (Å²) in [6.07, 6.45) is 3.82. The van der Waals surface area contributed by atoms with Gasteiger partial charge in [-0.2, -0.15) is 0 Å². The summed E-state index contributed by atoms with van der Waals surface area (Å²) < 4.78 is 0. The Morgan fingerprint density at radius 1 is 1.07 bits per heavy atom. The third-order valence-electron chi connectivity index (χ3n) is 5.69. The normalized spacial score (nSPS) is 14.0. The molecule has 154 valence electrons. The molecule has 0 saturated carbocycles. The highest BCUT2D eigenvalue weighted by molar-refractivity contribution is 5.78. The predicted octanol–water partition coefficient (Wildman–Crippen LogP) is 2.79. The van der Waals surface area contributed by atoms with E-state index >= 15 is 0 Å². The maximum atomic E-state index is 12.7. The zero-order valence-electron chi connectivity index (χ0n) is 17.6. The summed E-state index contributed by atoms with van der Waals surface area (Å²) in [5.41, 5.74) is 4.83. The second-order valence-corrected chi connectivity index (χ2v) is 7.64. The van der Waals surface area contributed by atoms with Gasteiger partial charge >= 0.3 is 0 Å². The lowest BCUT2D eigenvalue weighted by atomic mass is 10.1. The Balaban J connectivity index is 1.51. The number of rotatable bonds is 6. The second kappa shape index (κ2) is 9.54. The van der Waals surface area contributed by atoms with Gasteiger partial charge in [0.25, 0.3) is 0 Å². The van der Waals surface area contributed by atoms with E-state index in [0.717, 1.165) is 31.7 Å². The van der Waals surface area contributed by atoms with Crippen molar-refractivity contribution in [1.29, 1.82) is 0 Å². The lowest BCUT2D eigenvalue weighted by molar-refractivity contribution is -0.134. The molecule has 1 aliphatic rings. The Morgan fingerprint density at radius 2 is 1.83 bits per heavy atom. The average Bonchev–Trinajstić information content (AvgIpc) is 2.73. The minimum absolute atomic E-state index is 0.0265. The SMILES string of the molecule is CC(=O)N(CCC(=O)N1CCN(c2cccc(C)c2C)CC1)Cc1cccnc1. The van der Waals surface area contributed by atoms with Gasteiger partial charge in [0.15, 0.2) is 0 Å². The minimum Gasteiger partial charge on any atom is -0.368 e. The van der Waals surface area contributed by atoms with Gasteiger partial charge in [-0.25, -0.2) is 0 Å². The van der Waals surface area contributed by atoms with Gasteiger partial charge in [-0.1, -0.05) is 18.2 Å². The molecular weight excluding hydrogens is 364 g/mol. The first-order valence-corrected chi connectivity index (χ1v) is 10.2. The van der Waals surface area contributed by atoms with E-state index in [2.05, 4.69) is 41.9 Å². The molecule has 1 aliphatic heterocycles. The fourth-order valence-corrected chi connectivity index (χ4v) is 3.72. The van der Waals surface area contributed by atoms with Crippen LogP contribution in [0.25, 0.3) is 0 Å². The highest BCUT2D eigenvalue weighted by atomic mass is 16.2. The van der Waals surface area contributed by atoms with Gasteiger partial charge in [0.1, 0.15) is 0 Å². The van der Waals surface area contributed by atoms with Crippen molar-refractivity contribution in [2.45, 2.75) is 33.7 Å². The van der Waals surface area contributed by atoms with Crippen LogP contribution in [-0.4, -0.2) is 59.3 Å². The van der Waals surface area contributed by atoms with Crippen LogP contribution in [0.1, 0.15) is 30.0 Å². The van der Waals surface area contributed by atoms with Crippen molar-refractivity contribution in [3.8, 4) is 0 Å². The molecule has 0 radical (unpaired) electrons. The molecule has 0 bridgehead atoms. The van der Waals surface area contributed by atoms with Crippen LogP contribution in [0.2, 0.25) is 0 Å². The molecule has 1 saturated heterocycles. The van der Waals surface area contributed by atoms with Crippen LogP contribution in [0.3, 0.4) is 0 Å². The standard InChI is InChI=1S/C23H30N4O2/c1-18-6-4-8-22(19(18)2)25-12-14-26(15-13-25)23(29)9-11-27(20(3)28)17-21-7-5-10-24-16-21/h4-8,10,16H,9,11-15,17H2,1-3H3. The van der Waals surface area contributed by atoms with Crippen LogP contribution in [0, 0.1) is 13.8 Å². The van der Waals surface area contributed by atoms with Crippen LogP contribution in [0.4, 0.5) is 5.69 Å². The fraction of sp³-hybridized carbons (Fsp3) is 0.435. The lowest BCUT2D eigenvalue weighted by Gasteiger charge is -2.37. The molecular formula is C23H30N4O2. The molecule has 0 unspecified atom stereocenters. The van der Waals surface area contributed by atoms with Gasteiger partial charge in [0.2, 0.25) is 11.8 Å². The molecule has 2 amide bonds. The van der Waals surface area contributed by atoms with Crippen molar-refractivity contribution < 1.29 is 9.59 Å². The summed E-state index contributed by atoms with van der Waals surface area (Å²) in [6.45, 7) is 9.85. The molecule has 0 atom stereocenters. The number of anilines is 1. The third-order valence-corrected chi connectivity index (χ3v) is 5.69. The zero-order valence-corrected chi connectivity index (χ0v) is 17.6. The number of hydrogen-bond acceptors (Lipinski definition) is 4. The molecule has 1 fully saturated rings. The summed E-state index contributed by atoms with van der Waals surface area (Å²) in [4.78, 5) is 34.7. The van der Waals surface area contributed by atoms with Crippen molar-refractivity contribution >= 4 is 17.5 Å². The van der Waals surface area contributed by atoms with Crippen molar-refractivity contribution in [3.63, 3.8) is 0 Å². The van der Waals surface area contributed by atoms with E-state index in [0.29, 0.717) is 19.5 Å². The molecule has 6 heteroatoms. The van der Waals surface area contributed by atoms with Crippen molar-refractivity contribution in [1.82, 2.24) is 14.8 Å². The monoisotopic (exact) mass is 394 g/mol. The van der Waals surface area contributed by atoms with Crippen LogP contribution in [0.5, 0.6) is 0 Å². The minimum atomic E-state index is -0.0265. The molecule has 2 aromatic rings. The molecule has 6 nitrogen and oxygen atoms in total. The highest BCUT2D eigenvalue weighted by Crippen LogP contribution is 2.24. The first-order chi connectivity index (χ1) is 14.0. The second-order valence-electron chi connectivity index (χ2n) is 7.64. The van der Waals surface area contributed by atoms with Crippen LogP contribution < -0.4 is 4.90 Å². The number of benzene rings is 1. The number of aryl methyl sites for hydroxylation is 1. The lowest BCUT2D eigenvalue weighted by Crippen LogP contribution is -2.49. The molecule has 1 aromatic heterocycles. The molecule has 0 N–H and O–H groups in total. The molecule has 29 heavy (non-hydrogen) atoms. The Hall–Kier alpha value is -2.89. The van der Waals surface area contributed by atoms with E-state index < -0.39 is 0 Å². The smallest absolute Gasteiger partial charge is 0.224 e. The molecule has 3 rings (SSSR count). The van der Waals surface area contributed by atoms with Gasteiger partial charge in [0.05, 0.1) is 0 Å². The van der Waals surface area contributed by atoms with Crippen LogP contribution in [0.15, 0.2) is 42.7 Å². The van der Waals surface area contributed by atoms with E-state index in [9.17, 15) is 9.59 Å². The van der Waals surface area contributed by atoms with Crippen molar-refractivity contribution in [2.24, 2.45) is 0 Å². The quantitative estimate of drug-likeness (QED) is 0.756. The van der Waals surface area contributed by atoms with Crippen LogP contribution >= 0.6 is 0 Å². The largest absolute Gasteiger partial charge is 0.368 e. The van der Waals surface area contributed by atoms with Gasteiger partial charge in [-0.15, -0.1) is 0 Å². The topological polar surface area (TPSA) is 56.8 Å². The number of pyridine rings is 1. The number of carbonyl (C=O) groups excluding carboxylic acids is 2. The summed E-state index contributed by atoms with van der Waals surface area (Å²) in [5, 5.41) is 0. The zero-order chi connectivity index (χ0) is 20.8. The first-order valence-electron chi connectivity index (χ1n) is 10.2. The number of hydrogen-bond donors (Lipinski definition) is 0. The first kappa shape index (κ1) is 20.8. The Labute approximate surface area is 173 Å². The summed E-state index contributed by atoms with van der Waals surface area (Å²) in [7, 11) is 0. The van der Waals surface area contributed by atoms with Gasteiger partial charge in [-0.05, 0) is 42.7 Å². The maximum absolute atomic E-state index is 12.7. The van der Waals surface area contributed by atoms with Gasteiger partial charge in [0, 0.05) is 70.7 Å². The number of amides is 2. The van der Waals surface area contributed by atoms with E-state index in [-0.39, 0.29) is 11.8 Å². The van der Waals surface area contributed by atoms with Gasteiger partial charge < -0.3 is 14.7 Å². The van der Waals surface area contributed by atoms with Crippen molar-refractivity contribution in [3.05, 3.63) is 59.4 Å². The third kappa shape index (κ3) is 5.34. The number of nitrogens with zero attached hydrogens (tertiary/aromatic N) is 4. The van der Waals surface area contributed by atoms with Gasteiger partial charge in [-0.3, -0.25) is 14.6 Å². The average molecular weight is 395 g/mol. The number of carbonyl (C=O) groups is 2. The number of piperazine rings is 1. The molecule has 0 aliphatic carbocycles. The molecule has 0 spiro atoms. The molecule has 2 heterocycles. The highest BCUT2D eigenvalue weighted by Gasteiger charge is 2.23. The van der Waals surface area contributed by atoms with E-state index in [1.165, 1.54) is 16.8 Å². The fourth-order valence-electron chi connectivity index (χ4n) is 3.72. The Bertz CT molecular complexity index is 845. The predicted molar refractivity (Wildman–Crippen MR) is 115 cm³/mol.